The Balaban J connectivity index is 2.40. The maximum Gasteiger partial charge on any atom is 0.261 e. The van der Waals surface area contributed by atoms with E-state index in [0.29, 0.717) is 28.1 Å². The van der Waals surface area contributed by atoms with E-state index in [1.165, 1.54) is 6.07 Å². The minimum Gasteiger partial charge on any atom is -0.341 e. The lowest BCUT2D eigenvalue weighted by Crippen LogP contribution is -2.29. The second kappa shape index (κ2) is 5.66. The Morgan fingerprint density at radius 1 is 1.45 bits per heavy atom. The molecule has 0 heterocycles. The highest BCUT2D eigenvalue weighted by atomic mass is 79.9. The molecular formula is C13H15BrClNO3S. The highest BCUT2D eigenvalue weighted by Gasteiger charge is 2.27. The van der Waals surface area contributed by atoms with Crippen molar-refractivity contribution in [2.45, 2.75) is 24.7 Å². The summed E-state index contributed by atoms with van der Waals surface area (Å²) in [6.45, 7) is 2.30. The van der Waals surface area contributed by atoms with Gasteiger partial charge in [-0.25, -0.2) is 8.42 Å². The summed E-state index contributed by atoms with van der Waals surface area (Å²) < 4.78 is 23.6. The topological polar surface area (TPSA) is 54.5 Å². The zero-order chi connectivity index (χ0) is 15.1. The average Bonchev–Trinajstić information content (AvgIpc) is 3.13. The normalized spacial score (nSPS) is 15.2. The van der Waals surface area contributed by atoms with Crippen LogP contribution in [0.25, 0.3) is 0 Å². The molecule has 1 aromatic carbocycles. The molecule has 0 atom stereocenters. The monoisotopic (exact) mass is 379 g/mol. The standard InChI is InChI=1S/C13H15BrClNO3S/c1-8-11(13(17)16(2)7-9-3-4-9)5-10(14)6-12(8)20(15,18)19/h5-6,9H,3-4,7H2,1-2H3. The van der Waals surface area contributed by atoms with Crippen molar-refractivity contribution in [1.82, 2.24) is 4.90 Å². The van der Waals surface area contributed by atoms with Gasteiger partial charge < -0.3 is 4.90 Å². The van der Waals surface area contributed by atoms with Crippen molar-refractivity contribution in [3.05, 3.63) is 27.7 Å². The zero-order valence-electron chi connectivity index (χ0n) is 11.2. The second-order valence-corrected chi connectivity index (χ2v) is 8.59. The molecule has 1 aliphatic rings. The fourth-order valence-electron chi connectivity index (χ4n) is 2.11. The zero-order valence-corrected chi connectivity index (χ0v) is 14.3. The number of rotatable bonds is 4. The van der Waals surface area contributed by atoms with Crippen LogP contribution in [-0.2, 0) is 9.05 Å². The summed E-state index contributed by atoms with van der Waals surface area (Å²) in [5.74, 6) is 0.393. The van der Waals surface area contributed by atoms with Gasteiger partial charge in [-0.3, -0.25) is 4.79 Å². The Morgan fingerprint density at radius 3 is 2.55 bits per heavy atom. The largest absolute Gasteiger partial charge is 0.341 e. The fraction of sp³-hybridized carbons (Fsp3) is 0.462. The van der Waals surface area contributed by atoms with E-state index >= 15 is 0 Å². The maximum atomic E-state index is 12.4. The quantitative estimate of drug-likeness (QED) is 0.754. The minimum atomic E-state index is -3.88. The summed E-state index contributed by atoms with van der Waals surface area (Å²) in [6.07, 6.45) is 2.30. The predicted molar refractivity (Wildman–Crippen MR) is 81.6 cm³/mol. The molecule has 1 fully saturated rings. The third kappa shape index (κ3) is 3.54. The first kappa shape index (κ1) is 15.8. The van der Waals surface area contributed by atoms with E-state index in [1.54, 1.807) is 24.9 Å². The smallest absolute Gasteiger partial charge is 0.261 e. The molecule has 4 nitrogen and oxygen atoms in total. The summed E-state index contributed by atoms with van der Waals surface area (Å²) >= 11 is 3.23. The van der Waals surface area contributed by atoms with Crippen LogP contribution in [-0.4, -0.2) is 32.8 Å². The molecule has 1 aromatic rings. The highest BCUT2D eigenvalue weighted by molar-refractivity contribution is 9.10. The van der Waals surface area contributed by atoms with Gasteiger partial charge in [-0.1, -0.05) is 15.9 Å². The molecule has 0 bridgehead atoms. The van der Waals surface area contributed by atoms with Crippen molar-refractivity contribution in [1.29, 1.82) is 0 Å². The number of benzene rings is 1. The van der Waals surface area contributed by atoms with Gasteiger partial charge in [-0.15, -0.1) is 0 Å². The van der Waals surface area contributed by atoms with Crippen LogP contribution in [0.2, 0.25) is 0 Å². The molecule has 0 spiro atoms. The van der Waals surface area contributed by atoms with Gasteiger partial charge in [0.05, 0.1) is 4.90 Å². The van der Waals surface area contributed by atoms with Crippen LogP contribution in [0, 0.1) is 12.8 Å². The number of halogens is 2. The van der Waals surface area contributed by atoms with Gasteiger partial charge in [-0.05, 0) is 43.4 Å². The molecule has 110 valence electrons. The Labute approximate surface area is 131 Å². The van der Waals surface area contributed by atoms with Crippen LogP contribution in [0.4, 0.5) is 0 Å². The van der Waals surface area contributed by atoms with Gasteiger partial charge in [0.25, 0.3) is 15.0 Å². The van der Waals surface area contributed by atoms with E-state index in [4.69, 9.17) is 10.7 Å². The van der Waals surface area contributed by atoms with Crippen LogP contribution in [0.1, 0.15) is 28.8 Å². The van der Waals surface area contributed by atoms with Gasteiger partial charge in [-0.2, -0.15) is 0 Å². The molecular weight excluding hydrogens is 366 g/mol. The van der Waals surface area contributed by atoms with Crippen molar-refractivity contribution < 1.29 is 13.2 Å². The molecule has 0 aromatic heterocycles. The Hall–Kier alpha value is -0.590. The van der Waals surface area contributed by atoms with E-state index in [0.717, 1.165) is 12.8 Å². The molecule has 20 heavy (non-hydrogen) atoms. The van der Waals surface area contributed by atoms with Crippen LogP contribution >= 0.6 is 26.6 Å². The van der Waals surface area contributed by atoms with Crippen molar-refractivity contribution in [3.8, 4) is 0 Å². The Morgan fingerprint density at radius 2 is 2.05 bits per heavy atom. The van der Waals surface area contributed by atoms with E-state index in [2.05, 4.69) is 15.9 Å². The summed E-state index contributed by atoms with van der Waals surface area (Å²) in [5.41, 5.74) is 0.748. The third-order valence-corrected chi connectivity index (χ3v) is 5.30. The molecule has 1 aliphatic carbocycles. The molecule has 1 amide bonds. The lowest BCUT2D eigenvalue weighted by molar-refractivity contribution is 0.0787. The number of carbonyl (C=O) groups excluding carboxylic acids is 1. The first-order valence-corrected chi connectivity index (χ1v) is 9.30. The summed E-state index contributed by atoms with van der Waals surface area (Å²) in [5, 5.41) is 0. The van der Waals surface area contributed by atoms with Crippen LogP contribution in [0.5, 0.6) is 0 Å². The number of nitrogens with zero attached hydrogens (tertiary/aromatic N) is 1. The second-order valence-electron chi connectivity index (χ2n) is 5.14. The number of amides is 1. The predicted octanol–water partition coefficient (Wildman–Crippen LogP) is 3.17. The summed E-state index contributed by atoms with van der Waals surface area (Å²) in [4.78, 5) is 14.0. The average molecular weight is 381 g/mol. The van der Waals surface area contributed by atoms with Crippen molar-refractivity contribution >= 4 is 41.6 Å². The van der Waals surface area contributed by atoms with Gasteiger partial charge in [0, 0.05) is 34.3 Å². The number of hydrogen-bond acceptors (Lipinski definition) is 3. The van der Waals surface area contributed by atoms with Gasteiger partial charge in [0.2, 0.25) is 0 Å². The SMILES string of the molecule is Cc1c(C(=O)N(C)CC2CC2)cc(Br)cc1S(=O)(=O)Cl. The lowest BCUT2D eigenvalue weighted by atomic mass is 10.1. The molecule has 2 rings (SSSR count). The van der Waals surface area contributed by atoms with Gasteiger partial charge in [0.15, 0.2) is 0 Å². The Bertz CT molecular complexity index is 656. The van der Waals surface area contributed by atoms with Crippen LogP contribution in [0.3, 0.4) is 0 Å². The molecule has 0 saturated heterocycles. The van der Waals surface area contributed by atoms with Crippen molar-refractivity contribution in [3.63, 3.8) is 0 Å². The van der Waals surface area contributed by atoms with E-state index in [-0.39, 0.29) is 10.8 Å². The van der Waals surface area contributed by atoms with Crippen molar-refractivity contribution in [2.75, 3.05) is 13.6 Å². The maximum absolute atomic E-state index is 12.4. The van der Waals surface area contributed by atoms with Gasteiger partial charge in [0.1, 0.15) is 0 Å². The van der Waals surface area contributed by atoms with Crippen LogP contribution in [0.15, 0.2) is 21.5 Å². The van der Waals surface area contributed by atoms with E-state index < -0.39 is 9.05 Å². The molecule has 0 radical (unpaired) electrons. The van der Waals surface area contributed by atoms with E-state index in [1.807, 2.05) is 0 Å². The summed E-state index contributed by atoms with van der Waals surface area (Å²) in [6, 6.07) is 3.04. The molecule has 1 saturated carbocycles. The lowest BCUT2D eigenvalue weighted by Gasteiger charge is -2.19. The molecule has 0 unspecified atom stereocenters. The molecule has 7 heteroatoms. The van der Waals surface area contributed by atoms with Gasteiger partial charge >= 0.3 is 0 Å². The third-order valence-electron chi connectivity index (χ3n) is 3.39. The van der Waals surface area contributed by atoms with Crippen LogP contribution < -0.4 is 0 Å². The van der Waals surface area contributed by atoms with E-state index in [9.17, 15) is 13.2 Å². The fourth-order valence-corrected chi connectivity index (χ4v) is 3.94. The molecule has 0 aliphatic heterocycles. The Kier molecular flexibility index (Phi) is 4.47. The highest BCUT2D eigenvalue weighted by Crippen LogP contribution is 2.31. The first-order chi connectivity index (χ1) is 9.20. The number of carbonyl (C=O) groups is 1. The summed E-state index contributed by atoms with van der Waals surface area (Å²) in [7, 11) is 3.27. The minimum absolute atomic E-state index is 0.0308. The van der Waals surface area contributed by atoms with Crippen molar-refractivity contribution in [2.24, 2.45) is 5.92 Å². The molecule has 0 N–H and O–H groups in total. The first-order valence-electron chi connectivity index (χ1n) is 6.20. The number of hydrogen-bond donors (Lipinski definition) is 0.